The smallest absolute Gasteiger partial charge is 0.168 e. The zero-order valence-corrected chi connectivity index (χ0v) is 8.71. The molecule has 13 heavy (non-hydrogen) atoms. The van der Waals surface area contributed by atoms with Gasteiger partial charge in [-0.05, 0) is 39.5 Å². The SMILES string of the molecule is CC1CCCC2(CCCC(C)O2)O1. The van der Waals surface area contributed by atoms with E-state index in [1.807, 2.05) is 0 Å². The highest BCUT2D eigenvalue weighted by Gasteiger charge is 2.40. The summed E-state index contributed by atoms with van der Waals surface area (Å²) in [5.41, 5.74) is 0. The molecule has 0 bridgehead atoms. The zero-order valence-electron chi connectivity index (χ0n) is 8.71. The van der Waals surface area contributed by atoms with Gasteiger partial charge in [-0.3, -0.25) is 0 Å². The normalized spacial score (nSPS) is 46.6. The minimum atomic E-state index is -0.199. The lowest BCUT2D eigenvalue weighted by Crippen LogP contribution is -2.46. The highest BCUT2D eigenvalue weighted by atomic mass is 16.7. The van der Waals surface area contributed by atoms with Crippen LogP contribution in [0.2, 0.25) is 0 Å². The Morgan fingerprint density at radius 1 is 0.923 bits per heavy atom. The van der Waals surface area contributed by atoms with Crippen molar-refractivity contribution in [2.75, 3.05) is 0 Å². The van der Waals surface area contributed by atoms with Gasteiger partial charge in [0, 0.05) is 12.8 Å². The molecule has 2 fully saturated rings. The molecule has 2 heteroatoms. The predicted octanol–water partition coefficient (Wildman–Crippen LogP) is 2.86. The molecule has 0 aromatic heterocycles. The molecule has 2 aliphatic heterocycles. The first-order valence-electron chi connectivity index (χ1n) is 5.56. The maximum atomic E-state index is 5.96. The summed E-state index contributed by atoms with van der Waals surface area (Å²) >= 11 is 0. The molecule has 2 saturated heterocycles. The topological polar surface area (TPSA) is 18.5 Å². The van der Waals surface area contributed by atoms with E-state index in [9.17, 15) is 0 Å². The second-order valence-corrected chi connectivity index (χ2v) is 4.55. The van der Waals surface area contributed by atoms with Gasteiger partial charge in [-0.1, -0.05) is 0 Å². The van der Waals surface area contributed by atoms with Gasteiger partial charge in [-0.15, -0.1) is 0 Å². The molecule has 1 spiro atoms. The molecule has 0 aliphatic carbocycles. The molecule has 0 radical (unpaired) electrons. The molecule has 0 aromatic carbocycles. The lowest BCUT2D eigenvalue weighted by molar-refractivity contribution is -0.309. The monoisotopic (exact) mass is 184 g/mol. The molecule has 76 valence electrons. The third-order valence-corrected chi connectivity index (χ3v) is 3.17. The third-order valence-electron chi connectivity index (χ3n) is 3.17. The Morgan fingerprint density at radius 2 is 1.38 bits per heavy atom. The largest absolute Gasteiger partial charge is 0.347 e. The number of ether oxygens (including phenoxy) is 2. The summed E-state index contributed by atoms with van der Waals surface area (Å²) < 4.78 is 11.9. The van der Waals surface area contributed by atoms with E-state index in [4.69, 9.17) is 9.47 Å². The van der Waals surface area contributed by atoms with Crippen LogP contribution in [0.4, 0.5) is 0 Å². The predicted molar refractivity (Wildman–Crippen MR) is 51.5 cm³/mol. The van der Waals surface area contributed by atoms with E-state index >= 15 is 0 Å². The van der Waals surface area contributed by atoms with Gasteiger partial charge in [0.15, 0.2) is 5.79 Å². The molecule has 2 atom stereocenters. The van der Waals surface area contributed by atoms with Crippen LogP contribution in [0, 0.1) is 0 Å². The zero-order chi connectivity index (χ0) is 9.31. The summed E-state index contributed by atoms with van der Waals surface area (Å²) in [4.78, 5) is 0. The molecular formula is C11H20O2. The fourth-order valence-electron chi connectivity index (χ4n) is 2.56. The van der Waals surface area contributed by atoms with Crippen molar-refractivity contribution in [3.63, 3.8) is 0 Å². The average molecular weight is 184 g/mol. The van der Waals surface area contributed by atoms with E-state index < -0.39 is 0 Å². The van der Waals surface area contributed by atoms with Crippen LogP contribution in [-0.4, -0.2) is 18.0 Å². The van der Waals surface area contributed by atoms with Crippen molar-refractivity contribution >= 4 is 0 Å². The quantitative estimate of drug-likeness (QED) is 0.576. The van der Waals surface area contributed by atoms with Crippen molar-refractivity contribution in [3.05, 3.63) is 0 Å². The van der Waals surface area contributed by atoms with Crippen LogP contribution < -0.4 is 0 Å². The Kier molecular flexibility index (Phi) is 2.61. The Hall–Kier alpha value is -0.0800. The Bertz CT molecular complexity index is 159. The lowest BCUT2D eigenvalue weighted by atomic mass is 9.93. The van der Waals surface area contributed by atoms with Crippen LogP contribution in [0.15, 0.2) is 0 Å². The van der Waals surface area contributed by atoms with Crippen LogP contribution in [0.3, 0.4) is 0 Å². The van der Waals surface area contributed by atoms with Gasteiger partial charge in [0.1, 0.15) is 0 Å². The summed E-state index contributed by atoms with van der Waals surface area (Å²) in [7, 11) is 0. The lowest BCUT2D eigenvalue weighted by Gasteiger charge is -2.44. The number of rotatable bonds is 0. The molecule has 2 rings (SSSR count). The fraction of sp³-hybridized carbons (Fsp3) is 1.00. The van der Waals surface area contributed by atoms with Crippen LogP contribution >= 0.6 is 0 Å². The van der Waals surface area contributed by atoms with Crippen molar-refractivity contribution in [2.24, 2.45) is 0 Å². The van der Waals surface area contributed by atoms with Gasteiger partial charge in [0.05, 0.1) is 12.2 Å². The molecular weight excluding hydrogens is 164 g/mol. The molecule has 2 nitrogen and oxygen atoms in total. The Balaban J connectivity index is 2.00. The van der Waals surface area contributed by atoms with Crippen molar-refractivity contribution in [1.29, 1.82) is 0 Å². The summed E-state index contributed by atoms with van der Waals surface area (Å²) in [6.45, 7) is 4.31. The number of hydrogen-bond donors (Lipinski definition) is 0. The standard InChI is InChI=1S/C11H20O2/c1-9-5-3-7-11(12-9)8-4-6-10(2)13-11/h9-10H,3-8H2,1-2H3. The van der Waals surface area contributed by atoms with Crippen molar-refractivity contribution < 1.29 is 9.47 Å². The molecule has 0 aromatic rings. The highest BCUT2D eigenvalue weighted by Crippen LogP contribution is 2.38. The minimum absolute atomic E-state index is 0.199. The molecule has 0 N–H and O–H groups in total. The van der Waals surface area contributed by atoms with E-state index in [-0.39, 0.29) is 5.79 Å². The summed E-state index contributed by atoms with van der Waals surface area (Å²) in [6, 6.07) is 0. The van der Waals surface area contributed by atoms with Crippen molar-refractivity contribution in [3.8, 4) is 0 Å². The van der Waals surface area contributed by atoms with Gasteiger partial charge in [-0.25, -0.2) is 0 Å². The average Bonchev–Trinajstić information content (AvgIpc) is 2.02. The maximum absolute atomic E-state index is 5.96. The van der Waals surface area contributed by atoms with E-state index in [1.165, 1.54) is 25.7 Å². The second kappa shape index (κ2) is 3.58. The van der Waals surface area contributed by atoms with E-state index in [0.29, 0.717) is 12.2 Å². The van der Waals surface area contributed by atoms with Crippen LogP contribution in [-0.2, 0) is 9.47 Å². The van der Waals surface area contributed by atoms with Crippen LogP contribution in [0.1, 0.15) is 52.4 Å². The van der Waals surface area contributed by atoms with Crippen molar-refractivity contribution in [1.82, 2.24) is 0 Å². The first-order valence-corrected chi connectivity index (χ1v) is 5.56. The summed E-state index contributed by atoms with van der Waals surface area (Å²) in [5, 5.41) is 0. The van der Waals surface area contributed by atoms with E-state index in [2.05, 4.69) is 13.8 Å². The summed E-state index contributed by atoms with van der Waals surface area (Å²) in [5.74, 6) is -0.199. The maximum Gasteiger partial charge on any atom is 0.168 e. The van der Waals surface area contributed by atoms with E-state index in [0.717, 1.165) is 12.8 Å². The second-order valence-electron chi connectivity index (χ2n) is 4.55. The first-order chi connectivity index (χ1) is 6.20. The third kappa shape index (κ3) is 2.05. The van der Waals surface area contributed by atoms with Crippen LogP contribution in [0.5, 0.6) is 0 Å². The molecule has 2 aliphatic rings. The van der Waals surface area contributed by atoms with Gasteiger partial charge < -0.3 is 9.47 Å². The van der Waals surface area contributed by atoms with Crippen molar-refractivity contribution in [2.45, 2.75) is 70.4 Å². The first kappa shape index (κ1) is 9.47. The molecule has 2 heterocycles. The Morgan fingerprint density at radius 3 is 1.77 bits per heavy atom. The highest BCUT2D eigenvalue weighted by molar-refractivity contribution is 4.81. The molecule has 0 amide bonds. The number of hydrogen-bond acceptors (Lipinski definition) is 2. The van der Waals surface area contributed by atoms with Gasteiger partial charge >= 0.3 is 0 Å². The van der Waals surface area contributed by atoms with Gasteiger partial charge in [0.2, 0.25) is 0 Å². The molecule has 2 unspecified atom stereocenters. The van der Waals surface area contributed by atoms with Gasteiger partial charge in [0.25, 0.3) is 0 Å². The summed E-state index contributed by atoms with van der Waals surface area (Å²) in [6.07, 6.45) is 7.88. The fourth-order valence-corrected chi connectivity index (χ4v) is 2.56. The minimum Gasteiger partial charge on any atom is -0.347 e. The van der Waals surface area contributed by atoms with E-state index in [1.54, 1.807) is 0 Å². The Labute approximate surface area is 80.6 Å². The molecule has 0 saturated carbocycles. The van der Waals surface area contributed by atoms with Crippen LogP contribution in [0.25, 0.3) is 0 Å². The van der Waals surface area contributed by atoms with Gasteiger partial charge in [-0.2, -0.15) is 0 Å².